The maximum absolute atomic E-state index is 12.8. The van der Waals surface area contributed by atoms with Crippen LogP contribution in [-0.4, -0.2) is 38.5 Å². The number of hydrogen-bond donors (Lipinski definition) is 2. The quantitative estimate of drug-likeness (QED) is 0.778. The van der Waals surface area contributed by atoms with E-state index < -0.39 is 11.7 Å². The van der Waals surface area contributed by atoms with Crippen LogP contribution in [0.25, 0.3) is 0 Å². The predicted molar refractivity (Wildman–Crippen MR) is 67.0 cm³/mol. The molecule has 1 rings (SSSR count). The molecule has 0 saturated heterocycles. The third-order valence-corrected chi connectivity index (χ3v) is 2.64. The van der Waals surface area contributed by atoms with Crippen molar-refractivity contribution in [3.63, 3.8) is 0 Å². The molecule has 4 nitrogen and oxygen atoms in total. The van der Waals surface area contributed by atoms with Gasteiger partial charge >= 0.3 is 6.18 Å². The summed E-state index contributed by atoms with van der Waals surface area (Å²) < 4.78 is 43.2. The van der Waals surface area contributed by atoms with E-state index in [4.69, 9.17) is 15.6 Å². The van der Waals surface area contributed by atoms with Gasteiger partial charge in [-0.1, -0.05) is 0 Å². The zero-order valence-electron chi connectivity index (χ0n) is 10.6. The molecule has 0 aliphatic heterocycles. The van der Waals surface area contributed by atoms with Crippen molar-refractivity contribution >= 4 is 11.4 Å². The fourth-order valence-electron chi connectivity index (χ4n) is 1.68. The standard InChI is InChI=1S/C12H17F3N2O2/c1-19-7-5-17(4-6-18)9-2-3-11(16)10(8-9)12(13,14)15/h2-3,8,18H,4-7,16H2,1H3. The molecular weight excluding hydrogens is 261 g/mol. The summed E-state index contributed by atoms with van der Waals surface area (Å²) in [4.78, 5) is 1.61. The number of alkyl halides is 3. The number of nitrogen functional groups attached to an aromatic ring is 1. The Morgan fingerprint density at radius 3 is 2.53 bits per heavy atom. The Labute approximate surface area is 109 Å². The van der Waals surface area contributed by atoms with Gasteiger partial charge in [-0.15, -0.1) is 0 Å². The van der Waals surface area contributed by atoms with Crippen LogP contribution in [0.4, 0.5) is 24.5 Å². The van der Waals surface area contributed by atoms with E-state index in [0.717, 1.165) is 6.07 Å². The molecule has 19 heavy (non-hydrogen) atoms. The number of aliphatic hydroxyl groups is 1. The molecule has 0 bridgehead atoms. The van der Waals surface area contributed by atoms with Crippen LogP contribution in [0, 0.1) is 0 Å². The Morgan fingerprint density at radius 2 is 2.00 bits per heavy atom. The molecule has 0 amide bonds. The molecule has 0 aliphatic rings. The third-order valence-electron chi connectivity index (χ3n) is 2.64. The largest absolute Gasteiger partial charge is 0.418 e. The normalized spacial score (nSPS) is 11.6. The van der Waals surface area contributed by atoms with Gasteiger partial charge in [0.05, 0.1) is 18.8 Å². The molecule has 0 atom stereocenters. The summed E-state index contributed by atoms with van der Waals surface area (Å²) in [7, 11) is 1.50. The number of ether oxygens (including phenoxy) is 1. The summed E-state index contributed by atoms with van der Waals surface area (Å²) in [6.07, 6.45) is -4.49. The van der Waals surface area contributed by atoms with Gasteiger partial charge in [0, 0.05) is 31.6 Å². The van der Waals surface area contributed by atoms with Crippen molar-refractivity contribution in [2.75, 3.05) is 44.0 Å². The third kappa shape index (κ3) is 4.29. The first-order valence-electron chi connectivity index (χ1n) is 5.71. The lowest BCUT2D eigenvalue weighted by atomic mass is 10.1. The smallest absolute Gasteiger partial charge is 0.398 e. The van der Waals surface area contributed by atoms with Crippen molar-refractivity contribution in [2.45, 2.75) is 6.18 Å². The Morgan fingerprint density at radius 1 is 1.32 bits per heavy atom. The first kappa shape index (κ1) is 15.6. The Balaban J connectivity index is 3.03. The van der Waals surface area contributed by atoms with Crippen LogP contribution in [0.5, 0.6) is 0 Å². The fourth-order valence-corrected chi connectivity index (χ4v) is 1.68. The van der Waals surface area contributed by atoms with E-state index in [2.05, 4.69) is 0 Å². The molecule has 7 heteroatoms. The molecule has 0 radical (unpaired) electrons. The highest BCUT2D eigenvalue weighted by molar-refractivity contribution is 5.59. The molecule has 1 aromatic carbocycles. The molecular formula is C12H17F3N2O2. The summed E-state index contributed by atoms with van der Waals surface area (Å²) in [5.74, 6) is 0. The van der Waals surface area contributed by atoms with Gasteiger partial charge < -0.3 is 20.5 Å². The molecule has 1 aromatic rings. The first-order chi connectivity index (χ1) is 8.90. The summed E-state index contributed by atoms with van der Waals surface area (Å²) in [5.41, 5.74) is 4.51. The van der Waals surface area contributed by atoms with Crippen molar-refractivity contribution < 1.29 is 23.0 Å². The van der Waals surface area contributed by atoms with Crippen LogP contribution in [0.15, 0.2) is 18.2 Å². The second kappa shape index (κ2) is 6.63. The molecule has 0 unspecified atom stereocenters. The van der Waals surface area contributed by atoms with E-state index >= 15 is 0 Å². The van der Waals surface area contributed by atoms with Gasteiger partial charge in [-0.3, -0.25) is 0 Å². The van der Waals surface area contributed by atoms with E-state index in [1.165, 1.54) is 19.2 Å². The highest BCUT2D eigenvalue weighted by Crippen LogP contribution is 2.35. The molecule has 3 N–H and O–H groups in total. The van der Waals surface area contributed by atoms with E-state index in [9.17, 15) is 13.2 Å². The number of aliphatic hydroxyl groups excluding tert-OH is 1. The number of halogens is 3. The molecule has 0 aromatic heterocycles. The van der Waals surface area contributed by atoms with Crippen LogP contribution < -0.4 is 10.6 Å². The van der Waals surface area contributed by atoms with Gasteiger partial charge in [0.2, 0.25) is 0 Å². The summed E-state index contributed by atoms with van der Waals surface area (Å²) in [5, 5.41) is 8.95. The Bertz CT molecular complexity index is 410. The molecule has 0 aliphatic carbocycles. The zero-order valence-corrected chi connectivity index (χ0v) is 10.6. The number of benzene rings is 1. The second-order valence-corrected chi connectivity index (χ2v) is 3.97. The lowest BCUT2D eigenvalue weighted by Gasteiger charge is -2.25. The van der Waals surface area contributed by atoms with Gasteiger partial charge in [0.25, 0.3) is 0 Å². The lowest BCUT2D eigenvalue weighted by Crippen LogP contribution is -2.30. The zero-order chi connectivity index (χ0) is 14.5. The highest BCUT2D eigenvalue weighted by atomic mass is 19.4. The summed E-state index contributed by atoms with van der Waals surface area (Å²) >= 11 is 0. The van der Waals surface area contributed by atoms with Crippen LogP contribution in [-0.2, 0) is 10.9 Å². The number of methoxy groups -OCH3 is 1. The average molecular weight is 278 g/mol. The minimum Gasteiger partial charge on any atom is -0.398 e. The number of hydrogen-bond acceptors (Lipinski definition) is 4. The highest BCUT2D eigenvalue weighted by Gasteiger charge is 2.33. The fraction of sp³-hybridized carbons (Fsp3) is 0.500. The lowest BCUT2D eigenvalue weighted by molar-refractivity contribution is -0.136. The number of nitrogens with zero attached hydrogens (tertiary/aromatic N) is 1. The minimum atomic E-state index is -4.49. The van der Waals surface area contributed by atoms with Gasteiger partial charge in [-0.2, -0.15) is 13.2 Å². The van der Waals surface area contributed by atoms with E-state index in [1.54, 1.807) is 4.90 Å². The van der Waals surface area contributed by atoms with Gasteiger partial charge in [-0.05, 0) is 18.2 Å². The number of anilines is 2. The van der Waals surface area contributed by atoms with Crippen molar-refractivity contribution in [1.29, 1.82) is 0 Å². The van der Waals surface area contributed by atoms with E-state index in [-0.39, 0.29) is 18.8 Å². The summed E-state index contributed by atoms with van der Waals surface area (Å²) in [6, 6.07) is 3.70. The molecule has 0 spiro atoms. The number of rotatable bonds is 6. The van der Waals surface area contributed by atoms with Gasteiger partial charge in [0.1, 0.15) is 0 Å². The van der Waals surface area contributed by atoms with Crippen molar-refractivity contribution in [3.05, 3.63) is 23.8 Å². The predicted octanol–water partition coefficient (Wildman–Crippen LogP) is 1.73. The van der Waals surface area contributed by atoms with Crippen LogP contribution >= 0.6 is 0 Å². The maximum atomic E-state index is 12.8. The maximum Gasteiger partial charge on any atom is 0.418 e. The van der Waals surface area contributed by atoms with Crippen molar-refractivity contribution in [2.24, 2.45) is 0 Å². The Hall–Kier alpha value is -1.47. The second-order valence-electron chi connectivity index (χ2n) is 3.97. The van der Waals surface area contributed by atoms with Crippen molar-refractivity contribution in [3.8, 4) is 0 Å². The average Bonchev–Trinajstić information content (AvgIpc) is 2.34. The van der Waals surface area contributed by atoms with Crippen LogP contribution in [0.2, 0.25) is 0 Å². The number of nitrogens with two attached hydrogens (primary N) is 1. The molecule has 0 heterocycles. The molecule has 108 valence electrons. The van der Waals surface area contributed by atoms with Crippen molar-refractivity contribution in [1.82, 2.24) is 0 Å². The Kier molecular flexibility index (Phi) is 5.44. The van der Waals surface area contributed by atoms with Gasteiger partial charge in [-0.25, -0.2) is 0 Å². The monoisotopic (exact) mass is 278 g/mol. The first-order valence-corrected chi connectivity index (χ1v) is 5.71. The van der Waals surface area contributed by atoms with E-state index in [1.807, 2.05) is 0 Å². The SMILES string of the molecule is COCCN(CCO)c1ccc(N)c(C(F)(F)F)c1. The van der Waals surface area contributed by atoms with Crippen LogP contribution in [0.3, 0.4) is 0 Å². The van der Waals surface area contributed by atoms with E-state index in [0.29, 0.717) is 18.8 Å². The van der Waals surface area contributed by atoms with Gasteiger partial charge in [0.15, 0.2) is 0 Å². The van der Waals surface area contributed by atoms with Crippen LogP contribution in [0.1, 0.15) is 5.56 Å². The topological polar surface area (TPSA) is 58.7 Å². The summed E-state index contributed by atoms with van der Waals surface area (Å²) in [6.45, 7) is 0.810. The molecule has 0 fully saturated rings. The minimum absolute atomic E-state index is 0.157. The molecule has 0 saturated carbocycles.